The summed E-state index contributed by atoms with van der Waals surface area (Å²) in [4.78, 5) is 17.0. The molecular formula is C22H32N2O. The Kier molecular flexibility index (Phi) is 7.10. The first-order valence-electron chi connectivity index (χ1n) is 10.0. The second-order valence-electron chi connectivity index (χ2n) is 7.54. The molecule has 3 rings (SSSR count). The van der Waals surface area contributed by atoms with Crippen LogP contribution in [0.15, 0.2) is 36.4 Å². The highest BCUT2D eigenvalue weighted by Gasteiger charge is 2.21. The van der Waals surface area contributed by atoms with Gasteiger partial charge in [0.05, 0.1) is 0 Å². The van der Waals surface area contributed by atoms with Gasteiger partial charge < -0.3 is 4.90 Å². The van der Waals surface area contributed by atoms with Crippen molar-refractivity contribution in [2.45, 2.75) is 44.9 Å². The topological polar surface area (TPSA) is 23.6 Å². The molecule has 1 amide bonds. The summed E-state index contributed by atoms with van der Waals surface area (Å²) >= 11 is 0. The van der Waals surface area contributed by atoms with Crippen LogP contribution >= 0.6 is 0 Å². The molecule has 1 aromatic rings. The van der Waals surface area contributed by atoms with Gasteiger partial charge in [-0.2, -0.15) is 0 Å². The molecule has 0 atom stereocenters. The van der Waals surface area contributed by atoms with Crippen LogP contribution in [0, 0.1) is 5.92 Å². The van der Waals surface area contributed by atoms with E-state index in [1.165, 1.54) is 37.7 Å². The lowest BCUT2D eigenvalue weighted by Gasteiger charge is -2.34. The van der Waals surface area contributed by atoms with Crippen molar-refractivity contribution in [1.29, 1.82) is 0 Å². The smallest absolute Gasteiger partial charge is 0.222 e. The molecule has 0 aromatic heterocycles. The zero-order valence-corrected chi connectivity index (χ0v) is 15.4. The van der Waals surface area contributed by atoms with Gasteiger partial charge in [-0.3, -0.25) is 9.69 Å². The first-order chi connectivity index (χ1) is 12.3. The summed E-state index contributed by atoms with van der Waals surface area (Å²) in [6.07, 6.45) is 13.1. The molecule has 1 saturated carbocycles. The Bertz CT molecular complexity index is 540. The van der Waals surface area contributed by atoms with E-state index in [1.54, 1.807) is 0 Å². The summed E-state index contributed by atoms with van der Waals surface area (Å²) < 4.78 is 0. The Morgan fingerprint density at radius 1 is 1.00 bits per heavy atom. The van der Waals surface area contributed by atoms with Crippen LogP contribution in [0.25, 0.3) is 6.08 Å². The van der Waals surface area contributed by atoms with Gasteiger partial charge in [-0.15, -0.1) is 0 Å². The largest absolute Gasteiger partial charge is 0.340 e. The average Bonchev–Trinajstić information content (AvgIpc) is 2.68. The summed E-state index contributed by atoms with van der Waals surface area (Å²) in [6.45, 7) is 4.74. The quantitative estimate of drug-likeness (QED) is 0.775. The van der Waals surface area contributed by atoms with Crippen molar-refractivity contribution in [2.75, 3.05) is 32.7 Å². The molecule has 1 aliphatic carbocycles. The summed E-state index contributed by atoms with van der Waals surface area (Å²) in [5.74, 6) is 1.19. The first kappa shape index (κ1) is 18.2. The van der Waals surface area contributed by atoms with Gasteiger partial charge in [0.15, 0.2) is 0 Å². The third kappa shape index (κ3) is 6.00. The third-order valence-electron chi connectivity index (χ3n) is 5.69. The van der Waals surface area contributed by atoms with E-state index in [9.17, 15) is 4.79 Å². The van der Waals surface area contributed by atoms with E-state index in [2.05, 4.69) is 46.2 Å². The van der Waals surface area contributed by atoms with Crippen LogP contribution in [0.2, 0.25) is 0 Å². The molecule has 0 N–H and O–H groups in total. The van der Waals surface area contributed by atoms with Crippen molar-refractivity contribution in [3.05, 3.63) is 42.0 Å². The predicted molar refractivity (Wildman–Crippen MR) is 104 cm³/mol. The Labute approximate surface area is 152 Å². The molecular weight excluding hydrogens is 308 g/mol. The Balaban J connectivity index is 1.33. The fourth-order valence-electron chi connectivity index (χ4n) is 4.04. The molecule has 3 heteroatoms. The zero-order chi connectivity index (χ0) is 17.3. The van der Waals surface area contributed by atoms with Crippen LogP contribution in [0.1, 0.15) is 50.5 Å². The monoisotopic (exact) mass is 340 g/mol. The minimum atomic E-state index is 0.380. The third-order valence-corrected chi connectivity index (χ3v) is 5.69. The number of piperazine rings is 1. The number of rotatable bonds is 6. The predicted octanol–water partition coefficient (Wildman–Crippen LogP) is 4.20. The van der Waals surface area contributed by atoms with Crippen molar-refractivity contribution in [3.63, 3.8) is 0 Å². The fraction of sp³-hybridized carbons (Fsp3) is 0.591. The Morgan fingerprint density at radius 2 is 1.72 bits per heavy atom. The maximum atomic E-state index is 12.4. The van der Waals surface area contributed by atoms with Crippen LogP contribution in [0.4, 0.5) is 0 Å². The van der Waals surface area contributed by atoms with E-state index < -0.39 is 0 Å². The van der Waals surface area contributed by atoms with Crippen LogP contribution in [0.5, 0.6) is 0 Å². The molecule has 1 saturated heterocycles. The molecule has 0 radical (unpaired) electrons. The standard InChI is InChI=1S/C22H32N2O/c25-22(14-13-21-10-5-2-6-11-21)24-18-16-23(17-19-24)15-7-12-20-8-3-1-4-9-20/h1,3-4,7-9,12,21H,2,5-6,10-11,13-19H2. The molecule has 0 unspecified atom stereocenters. The normalized spacial score (nSPS) is 20.2. The number of amides is 1. The molecule has 1 aliphatic heterocycles. The van der Waals surface area contributed by atoms with E-state index in [4.69, 9.17) is 0 Å². The summed E-state index contributed by atoms with van der Waals surface area (Å²) in [6, 6.07) is 10.4. The minimum Gasteiger partial charge on any atom is -0.340 e. The van der Waals surface area contributed by atoms with E-state index in [0.717, 1.165) is 51.5 Å². The molecule has 0 bridgehead atoms. The van der Waals surface area contributed by atoms with E-state index in [0.29, 0.717) is 5.91 Å². The van der Waals surface area contributed by atoms with Crippen molar-refractivity contribution < 1.29 is 4.79 Å². The minimum absolute atomic E-state index is 0.380. The molecule has 1 aromatic carbocycles. The summed E-state index contributed by atoms with van der Waals surface area (Å²) in [5.41, 5.74) is 1.25. The van der Waals surface area contributed by atoms with E-state index in [1.807, 2.05) is 6.07 Å². The van der Waals surface area contributed by atoms with Crippen LogP contribution in [0.3, 0.4) is 0 Å². The van der Waals surface area contributed by atoms with Gasteiger partial charge in [-0.25, -0.2) is 0 Å². The first-order valence-corrected chi connectivity index (χ1v) is 10.0. The van der Waals surface area contributed by atoms with E-state index >= 15 is 0 Å². The van der Waals surface area contributed by atoms with Gasteiger partial charge in [0.2, 0.25) is 5.91 Å². The van der Waals surface area contributed by atoms with E-state index in [-0.39, 0.29) is 0 Å². The van der Waals surface area contributed by atoms with Crippen molar-refractivity contribution in [2.24, 2.45) is 5.92 Å². The SMILES string of the molecule is O=C(CCC1CCCCC1)N1CCN(CC=Cc2ccccc2)CC1. The molecule has 2 fully saturated rings. The number of carbonyl (C=O) groups excluding carboxylic acids is 1. The second kappa shape index (κ2) is 9.76. The van der Waals surface area contributed by atoms with Crippen LogP contribution < -0.4 is 0 Å². The summed E-state index contributed by atoms with van der Waals surface area (Å²) in [7, 11) is 0. The number of nitrogens with zero attached hydrogens (tertiary/aromatic N) is 2. The van der Waals surface area contributed by atoms with Crippen LogP contribution in [-0.2, 0) is 4.79 Å². The van der Waals surface area contributed by atoms with Gasteiger partial charge >= 0.3 is 0 Å². The number of hydrogen-bond donors (Lipinski definition) is 0. The Morgan fingerprint density at radius 3 is 2.44 bits per heavy atom. The van der Waals surface area contributed by atoms with Gasteiger partial charge in [-0.05, 0) is 17.9 Å². The molecule has 3 nitrogen and oxygen atoms in total. The molecule has 0 spiro atoms. The van der Waals surface area contributed by atoms with Gasteiger partial charge in [0.1, 0.15) is 0 Å². The molecule has 1 heterocycles. The zero-order valence-electron chi connectivity index (χ0n) is 15.4. The lowest BCUT2D eigenvalue weighted by Crippen LogP contribution is -2.48. The fourth-order valence-corrected chi connectivity index (χ4v) is 4.04. The lowest BCUT2D eigenvalue weighted by atomic mass is 9.86. The molecule has 136 valence electrons. The van der Waals surface area contributed by atoms with Gasteiger partial charge in [0, 0.05) is 39.1 Å². The van der Waals surface area contributed by atoms with Gasteiger partial charge in [0.25, 0.3) is 0 Å². The highest BCUT2D eigenvalue weighted by atomic mass is 16.2. The maximum absolute atomic E-state index is 12.4. The molecule has 25 heavy (non-hydrogen) atoms. The maximum Gasteiger partial charge on any atom is 0.222 e. The number of carbonyl (C=O) groups is 1. The average molecular weight is 341 g/mol. The number of hydrogen-bond acceptors (Lipinski definition) is 2. The highest BCUT2D eigenvalue weighted by Crippen LogP contribution is 2.27. The van der Waals surface area contributed by atoms with Crippen LogP contribution in [-0.4, -0.2) is 48.4 Å². The highest BCUT2D eigenvalue weighted by molar-refractivity contribution is 5.76. The van der Waals surface area contributed by atoms with Crippen molar-refractivity contribution in [1.82, 2.24) is 9.80 Å². The lowest BCUT2D eigenvalue weighted by molar-refractivity contribution is -0.133. The molecule has 2 aliphatic rings. The second-order valence-corrected chi connectivity index (χ2v) is 7.54. The number of benzene rings is 1. The van der Waals surface area contributed by atoms with Gasteiger partial charge in [-0.1, -0.05) is 74.6 Å². The summed E-state index contributed by atoms with van der Waals surface area (Å²) in [5, 5.41) is 0. The van der Waals surface area contributed by atoms with Crippen molar-refractivity contribution in [3.8, 4) is 0 Å². The van der Waals surface area contributed by atoms with Crippen molar-refractivity contribution >= 4 is 12.0 Å². The Hall–Kier alpha value is -1.61.